The second kappa shape index (κ2) is 8.20. The molecule has 1 amide bonds. The molecule has 3 aromatic rings. The van der Waals surface area contributed by atoms with E-state index in [1.54, 1.807) is 31.3 Å². The van der Waals surface area contributed by atoms with Gasteiger partial charge in [-0.15, -0.1) is 0 Å². The fraction of sp³-hybridized carbons (Fsp3) is 0.200. The van der Waals surface area contributed by atoms with E-state index in [9.17, 15) is 4.79 Å². The minimum Gasteiger partial charge on any atom is -0.497 e. The molecule has 6 heteroatoms. The summed E-state index contributed by atoms with van der Waals surface area (Å²) in [6.07, 6.45) is 3.95. The number of aromatic nitrogens is 2. The van der Waals surface area contributed by atoms with Crippen molar-refractivity contribution in [1.82, 2.24) is 15.1 Å². The number of carbonyl (C=O) groups is 1. The zero-order chi connectivity index (χ0) is 18.4. The molecule has 3 rings (SSSR count). The third kappa shape index (κ3) is 4.03. The maximum absolute atomic E-state index is 12.3. The molecular weight excluding hydrogens is 330 g/mol. The average Bonchev–Trinajstić information content (AvgIpc) is 3.19. The van der Waals surface area contributed by atoms with Gasteiger partial charge in [0.2, 0.25) is 0 Å². The van der Waals surface area contributed by atoms with Gasteiger partial charge in [-0.3, -0.25) is 4.79 Å². The molecule has 0 saturated carbocycles. The van der Waals surface area contributed by atoms with E-state index in [-0.39, 0.29) is 5.91 Å². The summed E-state index contributed by atoms with van der Waals surface area (Å²) < 4.78 is 12.3. The Balaban J connectivity index is 1.59. The Morgan fingerprint density at radius 2 is 1.92 bits per heavy atom. The topological polar surface area (TPSA) is 65.4 Å². The number of rotatable bonds is 7. The lowest BCUT2D eigenvalue weighted by atomic mass is 10.1. The predicted octanol–water partition coefficient (Wildman–Crippen LogP) is 2.86. The molecule has 6 nitrogen and oxygen atoms in total. The Morgan fingerprint density at radius 3 is 2.65 bits per heavy atom. The largest absolute Gasteiger partial charge is 0.497 e. The van der Waals surface area contributed by atoms with Crippen LogP contribution in [0.3, 0.4) is 0 Å². The second-order valence-electron chi connectivity index (χ2n) is 5.69. The van der Waals surface area contributed by atoms with Crippen LogP contribution in [0.15, 0.2) is 60.9 Å². The lowest BCUT2D eigenvalue weighted by Crippen LogP contribution is -2.25. The first kappa shape index (κ1) is 17.5. The van der Waals surface area contributed by atoms with E-state index in [2.05, 4.69) is 10.4 Å². The minimum absolute atomic E-state index is 0.153. The van der Waals surface area contributed by atoms with Crippen LogP contribution in [0.1, 0.15) is 15.9 Å². The first-order chi connectivity index (χ1) is 12.7. The van der Waals surface area contributed by atoms with E-state index in [1.165, 1.54) is 0 Å². The predicted molar refractivity (Wildman–Crippen MR) is 99.1 cm³/mol. The highest BCUT2D eigenvalue weighted by Gasteiger charge is 2.10. The monoisotopic (exact) mass is 351 g/mol. The van der Waals surface area contributed by atoms with Crippen LogP contribution < -0.4 is 14.8 Å². The summed E-state index contributed by atoms with van der Waals surface area (Å²) in [5, 5.41) is 7.16. The number of hydrogen-bond donors (Lipinski definition) is 1. The number of amides is 1. The third-order valence-electron chi connectivity index (χ3n) is 4.04. The molecule has 0 fully saturated rings. The minimum atomic E-state index is -0.153. The van der Waals surface area contributed by atoms with Gasteiger partial charge in [0.25, 0.3) is 5.91 Å². The molecule has 0 aliphatic heterocycles. The van der Waals surface area contributed by atoms with Gasteiger partial charge in [0.15, 0.2) is 0 Å². The molecule has 134 valence electrons. The summed E-state index contributed by atoms with van der Waals surface area (Å²) in [5.41, 5.74) is 2.44. The maximum atomic E-state index is 12.3. The van der Waals surface area contributed by atoms with Gasteiger partial charge in [-0.2, -0.15) is 5.10 Å². The van der Waals surface area contributed by atoms with E-state index in [0.717, 1.165) is 22.7 Å². The first-order valence-corrected chi connectivity index (χ1v) is 8.30. The quantitative estimate of drug-likeness (QED) is 0.711. The Bertz CT molecular complexity index is 875. The summed E-state index contributed by atoms with van der Waals surface area (Å²) in [4.78, 5) is 12.3. The van der Waals surface area contributed by atoms with E-state index < -0.39 is 0 Å². The molecular formula is C20H21N3O3. The Hall–Kier alpha value is -3.28. The number of nitrogens with one attached hydrogen (secondary N) is 1. The highest BCUT2D eigenvalue weighted by Crippen LogP contribution is 2.24. The number of methoxy groups -OCH3 is 2. The Labute approximate surface area is 152 Å². The lowest BCUT2D eigenvalue weighted by molar-refractivity contribution is 0.0954. The zero-order valence-electron chi connectivity index (χ0n) is 14.8. The average molecular weight is 351 g/mol. The van der Waals surface area contributed by atoms with Gasteiger partial charge >= 0.3 is 0 Å². The van der Waals surface area contributed by atoms with E-state index >= 15 is 0 Å². The Kier molecular flexibility index (Phi) is 5.53. The number of para-hydroxylation sites is 1. The van der Waals surface area contributed by atoms with E-state index in [1.807, 2.05) is 48.5 Å². The summed E-state index contributed by atoms with van der Waals surface area (Å²) in [6, 6.07) is 15.3. The van der Waals surface area contributed by atoms with Crippen molar-refractivity contribution in [3.63, 3.8) is 0 Å². The molecule has 1 N–H and O–H groups in total. The van der Waals surface area contributed by atoms with Crippen LogP contribution in [-0.2, 0) is 6.42 Å². The number of hydrogen-bond acceptors (Lipinski definition) is 4. The van der Waals surface area contributed by atoms with Crippen LogP contribution in [0.2, 0.25) is 0 Å². The lowest BCUT2D eigenvalue weighted by Gasteiger charge is -2.10. The van der Waals surface area contributed by atoms with Crippen molar-refractivity contribution in [2.45, 2.75) is 6.42 Å². The normalized spacial score (nSPS) is 10.4. The van der Waals surface area contributed by atoms with E-state index in [0.29, 0.717) is 18.5 Å². The van der Waals surface area contributed by atoms with Gasteiger partial charge in [0, 0.05) is 18.8 Å². The fourth-order valence-electron chi connectivity index (χ4n) is 2.63. The molecule has 1 heterocycles. The highest BCUT2D eigenvalue weighted by atomic mass is 16.5. The van der Waals surface area contributed by atoms with Crippen molar-refractivity contribution in [2.75, 3.05) is 20.8 Å². The van der Waals surface area contributed by atoms with Crippen molar-refractivity contribution >= 4 is 5.91 Å². The summed E-state index contributed by atoms with van der Waals surface area (Å²) in [6.45, 7) is 0.498. The molecule has 1 aromatic heterocycles. The molecule has 0 aliphatic rings. The standard InChI is InChI=1S/C20H21N3O3/c1-25-18-9-8-15(19(12-18)26-2)10-11-21-20(24)16-13-22-23(14-16)17-6-4-3-5-7-17/h3-9,12-14H,10-11H2,1-2H3,(H,21,24). The van der Waals surface area contributed by atoms with Crippen molar-refractivity contribution in [3.8, 4) is 17.2 Å². The molecule has 0 bridgehead atoms. The molecule has 0 unspecified atom stereocenters. The van der Waals surface area contributed by atoms with Crippen LogP contribution in [0.25, 0.3) is 5.69 Å². The molecule has 0 radical (unpaired) electrons. The molecule has 26 heavy (non-hydrogen) atoms. The zero-order valence-corrected chi connectivity index (χ0v) is 14.8. The van der Waals surface area contributed by atoms with Crippen molar-refractivity contribution < 1.29 is 14.3 Å². The van der Waals surface area contributed by atoms with Crippen molar-refractivity contribution in [2.24, 2.45) is 0 Å². The van der Waals surface area contributed by atoms with Crippen LogP contribution in [0.4, 0.5) is 0 Å². The molecule has 0 aliphatic carbocycles. The van der Waals surface area contributed by atoms with Crippen LogP contribution in [0, 0.1) is 0 Å². The van der Waals surface area contributed by atoms with Gasteiger partial charge in [0.05, 0.1) is 31.7 Å². The second-order valence-corrected chi connectivity index (χ2v) is 5.69. The number of carbonyl (C=O) groups excluding carboxylic acids is 1. The van der Waals surface area contributed by atoms with Crippen LogP contribution in [-0.4, -0.2) is 36.5 Å². The summed E-state index contributed by atoms with van der Waals surface area (Å²) in [5.74, 6) is 1.33. The van der Waals surface area contributed by atoms with E-state index in [4.69, 9.17) is 9.47 Å². The van der Waals surface area contributed by atoms with Gasteiger partial charge in [-0.25, -0.2) is 4.68 Å². The van der Waals surface area contributed by atoms with Gasteiger partial charge < -0.3 is 14.8 Å². The van der Waals surface area contributed by atoms with Gasteiger partial charge in [-0.05, 0) is 30.2 Å². The molecule has 0 spiro atoms. The Morgan fingerprint density at radius 1 is 1.12 bits per heavy atom. The maximum Gasteiger partial charge on any atom is 0.254 e. The third-order valence-corrected chi connectivity index (χ3v) is 4.04. The SMILES string of the molecule is COc1ccc(CCNC(=O)c2cnn(-c3ccccc3)c2)c(OC)c1. The summed E-state index contributed by atoms with van der Waals surface area (Å²) in [7, 11) is 3.24. The smallest absolute Gasteiger partial charge is 0.254 e. The van der Waals surface area contributed by atoms with Crippen molar-refractivity contribution in [1.29, 1.82) is 0 Å². The van der Waals surface area contributed by atoms with Crippen LogP contribution in [0.5, 0.6) is 11.5 Å². The van der Waals surface area contributed by atoms with Crippen LogP contribution >= 0.6 is 0 Å². The number of benzene rings is 2. The fourth-order valence-corrected chi connectivity index (χ4v) is 2.63. The van der Waals surface area contributed by atoms with Gasteiger partial charge in [-0.1, -0.05) is 24.3 Å². The van der Waals surface area contributed by atoms with Gasteiger partial charge in [0.1, 0.15) is 11.5 Å². The summed E-state index contributed by atoms with van der Waals surface area (Å²) >= 11 is 0. The molecule has 2 aromatic carbocycles. The number of ether oxygens (including phenoxy) is 2. The molecule has 0 saturated heterocycles. The molecule has 0 atom stereocenters. The first-order valence-electron chi connectivity index (χ1n) is 8.30. The number of nitrogens with zero attached hydrogens (tertiary/aromatic N) is 2. The highest BCUT2D eigenvalue weighted by molar-refractivity contribution is 5.93. The van der Waals surface area contributed by atoms with Crippen molar-refractivity contribution in [3.05, 3.63) is 72.1 Å².